The molecule has 0 aliphatic carbocycles. The van der Waals surface area contributed by atoms with Gasteiger partial charge in [-0.3, -0.25) is 0 Å². The van der Waals surface area contributed by atoms with E-state index in [0.717, 1.165) is 0 Å². The van der Waals surface area contributed by atoms with Crippen molar-refractivity contribution in [2.75, 3.05) is 13.2 Å². The molecule has 0 fully saturated rings. The zero-order valence-electron chi connectivity index (χ0n) is 8.91. The third-order valence-corrected chi connectivity index (χ3v) is 2.40. The first-order valence-electron chi connectivity index (χ1n) is 4.64. The Bertz CT molecular complexity index is 362. The van der Waals surface area contributed by atoms with E-state index in [4.69, 9.17) is 9.47 Å². The van der Waals surface area contributed by atoms with Gasteiger partial charge in [0.1, 0.15) is 4.47 Å². The van der Waals surface area contributed by atoms with Crippen LogP contribution < -0.4 is 4.74 Å². The standard InChI is InChI=1S/C9H13BrN2O3/c1-4-14-8-6(10)7(11-12(8)3)9(13)15-5-2/h4-5H2,1-3H3. The van der Waals surface area contributed by atoms with E-state index in [1.807, 2.05) is 6.92 Å². The minimum Gasteiger partial charge on any atom is -0.477 e. The Hall–Kier alpha value is -1.04. The van der Waals surface area contributed by atoms with Crippen LogP contribution in [0.15, 0.2) is 4.47 Å². The quantitative estimate of drug-likeness (QED) is 0.787. The second-order valence-corrected chi connectivity index (χ2v) is 3.54. The van der Waals surface area contributed by atoms with Crippen molar-refractivity contribution in [3.63, 3.8) is 0 Å². The first kappa shape index (κ1) is 12.0. The Morgan fingerprint density at radius 2 is 2.13 bits per heavy atom. The zero-order valence-corrected chi connectivity index (χ0v) is 10.5. The summed E-state index contributed by atoms with van der Waals surface area (Å²) < 4.78 is 12.2. The van der Waals surface area contributed by atoms with Crippen LogP contribution in [0.2, 0.25) is 0 Å². The van der Waals surface area contributed by atoms with Crippen molar-refractivity contribution in [3.05, 3.63) is 10.2 Å². The van der Waals surface area contributed by atoms with Crippen molar-refractivity contribution in [2.24, 2.45) is 7.05 Å². The highest BCUT2D eigenvalue weighted by Gasteiger charge is 2.21. The van der Waals surface area contributed by atoms with E-state index in [9.17, 15) is 4.79 Å². The van der Waals surface area contributed by atoms with Crippen molar-refractivity contribution in [1.82, 2.24) is 9.78 Å². The van der Waals surface area contributed by atoms with Crippen molar-refractivity contribution in [2.45, 2.75) is 13.8 Å². The summed E-state index contributed by atoms with van der Waals surface area (Å²) in [6.45, 7) is 4.45. The predicted molar refractivity (Wildman–Crippen MR) is 58.0 cm³/mol. The average Bonchev–Trinajstić information content (AvgIpc) is 2.47. The van der Waals surface area contributed by atoms with Gasteiger partial charge >= 0.3 is 5.97 Å². The molecule has 1 aromatic rings. The fourth-order valence-electron chi connectivity index (χ4n) is 1.11. The maximum atomic E-state index is 11.5. The van der Waals surface area contributed by atoms with Crippen LogP contribution in [0.5, 0.6) is 5.88 Å². The van der Waals surface area contributed by atoms with Gasteiger partial charge < -0.3 is 9.47 Å². The van der Waals surface area contributed by atoms with Gasteiger partial charge in [-0.1, -0.05) is 0 Å². The fraction of sp³-hybridized carbons (Fsp3) is 0.556. The molecule has 1 aromatic heterocycles. The summed E-state index contributed by atoms with van der Waals surface area (Å²) in [4.78, 5) is 11.5. The predicted octanol–water partition coefficient (Wildman–Crippen LogP) is 1.76. The van der Waals surface area contributed by atoms with E-state index < -0.39 is 5.97 Å². The molecular formula is C9H13BrN2O3. The zero-order chi connectivity index (χ0) is 11.4. The smallest absolute Gasteiger partial charge is 0.360 e. The molecule has 1 heterocycles. The number of ether oxygens (including phenoxy) is 2. The Kier molecular flexibility index (Phi) is 4.14. The lowest BCUT2D eigenvalue weighted by Gasteiger charge is -2.02. The lowest BCUT2D eigenvalue weighted by molar-refractivity contribution is 0.0517. The summed E-state index contributed by atoms with van der Waals surface area (Å²) in [7, 11) is 1.71. The average molecular weight is 277 g/mol. The molecule has 0 aliphatic rings. The van der Waals surface area contributed by atoms with E-state index in [2.05, 4.69) is 21.0 Å². The number of aryl methyl sites for hydroxylation is 1. The molecule has 0 N–H and O–H groups in total. The van der Waals surface area contributed by atoms with Crippen LogP contribution in [0.25, 0.3) is 0 Å². The van der Waals surface area contributed by atoms with Crippen LogP contribution in [-0.4, -0.2) is 29.0 Å². The summed E-state index contributed by atoms with van der Waals surface area (Å²) in [5.74, 6) is 0.0754. The number of nitrogens with zero attached hydrogens (tertiary/aromatic N) is 2. The monoisotopic (exact) mass is 276 g/mol. The maximum Gasteiger partial charge on any atom is 0.360 e. The van der Waals surface area contributed by atoms with E-state index in [1.54, 1.807) is 14.0 Å². The van der Waals surface area contributed by atoms with E-state index in [0.29, 0.717) is 23.6 Å². The normalized spacial score (nSPS) is 10.1. The number of carbonyl (C=O) groups is 1. The number of aromatic nitrogens is 2. The van der Waals surface area contributed by atoms with Gasteiger partial charge in [0.25, 0.3) is 0 Å². The highest BCUT2D eigenvalue weighted by atomic mass is 79.9. The van der Waals surface area contributed by atoms with E-state index in [-0.39, 0.29) is 5.69 Å². The molecule has 0 aliphatic heterocycles. The third-order valence-electron chi connectivity index (χ3n) is 1.69. The first-order chi connectivity index (χ1) is 7.11. The van der Waals surface area contributed by atoms with Crippen LogP contribution in [0.4, 0.5) is 0 Å². The second-order valence-electron chi connectivity index (χ2n) is 2.74. The van der Waals surface area contributed by atoms with Crippen molar-refractivity contribution in [1.29, 1.82) is 0 Å². The summed E-state index contributed by atoms with van der Waals surface area (Å²) in [5, 5.41) is 4.02. The van der Waals surface area contributed by atoms with Gasteiger partial charge in [-0.2, -0.15) is 5.10 Å². The molecule has 84 valence electrons. The van der Waals surface area contributed by atoms with Crippen LogP contribution in [-0.2, 0) is 11.8 Å². The van der Waals surface area contributed by atoms with Gasteiger partial charge in [0.2, 0.25) is 5.88 Å². The number of carbonyl (C=O) groups excluding carboxylic acids is 1. The molecule has 0 radical (unpaired) electrons. The number of halogens is 1. The molecule has 0 amide bonds. The minimum atomic E-state index is -0.453. The first-order valence-corrected chi connectivity index (χ1v) is 5.43. The Morgan fingerprint density at radius 3 is 2.67 bits per heavy atom. The van der Waals surface area contributed by atoms with Gasteiger partial charge in [-0.25, -0.2) is 9.48 Å². The van der Waals surface area contributed by atoms with Crippen LogP contribution in [0.3, 0.4) is 0 Å². The molecule has 5 nitrogen and oxygen atoms in total. The lowest BCUT2D eigenvalue weighted by Crippen LogP contribution is -2.06. The Labute approximate surface area is 96.5 Å². The van der Waals surface area contributed by atoms with Crippen molar-refractivity contribution >= 4 is 21.9 Å². The van der Waals surface area contributed by atoms with Crippen molar-refractivity contribution in [3.8, 4) is 5.88 Å². The van der Waals surface area contributed by atoms with Crippen LogP contribution in [0, 0.1) is 0 Å². The summed E-state index contributed by atoms with van der Waals surface area (Å²) in [5.41, 5.74) is 0.239. The summed E-state index contributed by atoms with van der Waals surface area (Å²) in [6, 6.07) is 0. The molecule has 0 aromatic carbocycles. The topological polar surface area (TPSA) is 53.3 Å². The maximum absolute atomic E-state index is 11.5. The highest BCUT2D eigenvalue weighted by Crippen LogP contribution is 2.28. The van der Waals surface area contributed by atoms with Crippen molar-refractivity contribution < 1.29 is 14.3 Å². The number of hydrogen-bond donors (Lipinski definition) is 0. The molecule has 6 heteroatoms. The Balaban J connectivity index is 3.00. The van der Waals surface area contributed by atoms with Crippen LogP contribution in [0.1, 0.15) is 24.3 Å². The third kappa shape index (κ3) is 2.50. The second kappa shape index (κ2) is 5.16. The van der Waals surface area contributed by atoms with Gasteiger partial charge in [0.15, 0.2) is 5.69 Å². The number of hydrogen-bond acceptors (Lipinski definition) is 4. The molecule has 0 atom stereocenters. The van der Waals surface area contributed by atoms with Gasteiger partial charge in [0.05, 0.1) is 13.2 Å². The molecule has 0 bridgehead atoms. The SMILES string of the molecule is CCOC(=O)c1nn(C)c(OCC)c1Br. The van der Waals surface area contributed by atoms with Crippen LogP contribution >= 0.6 is 15.9 Å². The van der Waals surface area contributed by atoms with E-state index in [1.165, 1.54) is 4.68 Å². The molecule has 0 unspecified atom stereocenters. The lowest BCUT2D eigenvalue weighted by atomic mass is 10.4. The largest absolute Gasteiger partial charge is 0.477 e. The number of rotatable bonds is 4. The Morgan fingerprint density at radius 1 is 1.47 bits per heavy atom. The molecule has 15 heavy (non-hydrogen) atoms. The highest BCUT2D eigenvalue weighted by molar-refractivity contribution is 9.10. The summed E-state index contributed by atoms with van der Waals surface area (Å²) in [6.07, 6.45) is 0. The minimum absolute atomic E-state index is 0.239. The number of esters is 1. The molecule has 0 saturated carbocycles. The molecule has 0 saturated heterocycles. The van der Waals surface area contributed by atoms with E-state index >= 15 is 0 Å². The molecular weight excluding hydrogens is 264 g/mol. The molecule has 0 spiro atoms. The fourth-order valence-corrected chi connectivity index (χ4v) is 1.72. The van der Waals surface area contributed by atoms with Gasteiger partial charge in [-0.05, 0) is 29.8 Å². The van der Waals surface area contributed by atoms with Gasteiger partial charge in [0, 0.05) is 7.05 Å². The summed E-state index contributed by atoms with van der Waals surface area (Å²) >= 11 is 3.26. The van der Waals surface area contributed by atoms with Gasteiger partial charge in [-0.15, -0.1) is 0 Å². The molecule has 1 rings (SSSR count).